The molecule has 1 aromatic rings. The Balaban J connectivity index is 2.76. The zero-order chi connectivity index (χ0) is 12.0. The van der Waals surface area contributed by atoms with Gasteiger partial charge in [-0.1, -0.05) is 31.2 Å². The maximum atomic E-state index is 5.71. The van der Waals surface area contributed by atoms with Crippen LogP contribution in [0.15, 0.2) is 30.4 Å². The first-order valence-electron chi connectivity index (χ1n) is 5.71. The summed E-state index contributed by atoms with van der Waals surface area (Å²) in [5, 5.41) is 3.32. The van der Waals surface area contributed by atoms with Gasteiger partial charge in [0, 0.05) is 12.1 Å². The minimum Gasteiger partial charge on any atom is -0.489 e. The normalized spacial score (nSPS) is 10.2. The van der Waals surface area contributed by atoms with Crippen molar-refractivity contribution in [3.8, 4) is 5.75 Å². The van der Waals surface area contributed by atoms with Crippen LogP contribution in [0.25, 0.3) is 0 Å². The van der Waals surface area contributed by atoms with Gasteiger partial charge in [-0.3, -0.25) is 0 Å². The number of ether oxygens (including phenoxy) is 1. The molecule has 0 bridgehead atoms. The summed E-state index contributed by atoms with van der Waals surface area (Å²) in [6.45, 7) is 12.4. The Kier molecular flexibility index (Phi) is 5.06. The molecule has 0 saturated heterocycles. The second kappa shape index (κ2) is 6.33. The topological polar surface area (TPSA) is 21.3 Å². The fraction of sp³-hybridized carbons (Fsp3) is 0.429. The van der Waals surface area contributed by atoms with Crippen molar-refractivity contribution < 1.29 is 4.74 Å². The molecule has 0 spiro atoms. The predicted molar refractivity (Wildman–Crippen MR) is 68.9 cm³/mol. The van der Waals surface area contributed by atoms with Crippen LogP contribution in [-0.4, -0.2) is 13.2 Å². The Bertz CT molecular complexity index is 358. The van der Waals surface area contributed by atoms with Crippen LogP contribution >= 0.6 is 0 Å². The van der Waals surface area contributed by atoms with Crippen LogP contribution in [0.1, 0.15) is 25.0 Å². The van der Waals surface area contributed by atoms with E-state index in [9.17, 15) is 0 Å². The third kappa shape index (κ3) is 4.07. The summed E-state index contributed by atoms with van der Waals surface area (Å²) in [5.41, 5.74) is 3.51. The summed E-state index contributed by atoms with van der Waals surface area (Å²) >= 11 is 0. The van der Waals surface area contributed by atoms with Crippen molar-refractivity contribution in [1.29, 1.82) is 0 Å². The first-order chi connectivity index (χ1) is 7.63. The van der Waals surface area contributed by atoms with E-state index in [0.717, 1.165) is 24.4 Å². The molecule has 0 radical (unpaired) electrons. The highest BCUT2D eigenvalue weighted by molar-refractivity contribution is 5.37. The van der Waals surface area contributed by atoms with Crippen molar-refractivity contribution in [3.63, 3.8) is 0 Å². The molecule has 0 aliphatic rings. The molecule has 0 aliphatic carbocycles. The quantitative estimate of drug-likeness (QED) is 0.742. The fourth-order valence-corrected chi connectivity index (χ4v) is 1.45. The lowest BCUT2D eigenvalue weighted by Crippen LogP contribution is -2.13. The fourth-order valence-electron chi connectivity index (χ4n) is 1.45. The van der Waals surface area contributed by atoms with E-state index in [4.69, 9.17) is 4.74 Å². The monoisotopic (exact) mass is 219 g/mol. The Morgan fingerprint density at radius 1 is 1.44 bits per heavy atom. The molecule has 2 heteroatoms. The average molecular weight is 219 g/mol. The molecule has 1 aromatic carbocycles. The van der Waals surface area contributed by atoms with Crippen molar-refractivity contribution in [2.75, 3.05) is 13.2 Å². The predicted octanol–water partition coefficient (Wildman–Crippen LogP) is 3.06. The highest BCUT2D eigenvalue weighted by Crippen LogP contribution is 2.20. The second-order valence-corrected chi connectivity index (χ2v) is 4.14. The van der Waals surface area contributed by atoms with Crippen LogP contribution in [0, 0.1) is 6.92 Å². The number of aryl methyl sites for hydroxylation is 1. The van der Waals surface area contributed by atoms with Crippen LogP contribution in [0.2, 0.25) is 0 Å². The highest BCUT2D eigenvalue weighted by Gasteiger charge is 2.03. The smallest absolute Gasteiger partial charge is 0.124 e. The average Bonchev–Trinajstić information content (AvgIpc) is 2.24. The molecular weight excluding hydrogens is 198 g/mol. The molecule has 16 heavy (non-hydrogen) atoms. The number of hydrogen-bond acceptors (Lipinski definition) is 2. The van der Waals surface area contributed by atoms with Crippen molar-refractivity contribution in [2.24, 2.45) is 0 Å². The van der Waals surface area contributed by atoms with E-state index >= 15 is 0 Å². The maximum Gasteiger partial charge on any atom is 0.124 e. The van der Waals surface area contributed by atoms with E-state index in [1.165, 1.54) is 11.1 Å². The number of nitrogens with one attached hydrogen (secondary N) is 1. The van der Waals surface area contributed by atoms with E-state index in [2.05, 4.69) is 37.9 Å². The Hall–Kier alpha value is -1.28. The molecule has 0 aromatic heterocycles. The molecule has 1 N–H and O–H groups in total. The first kappa shape index (κ1) is 12.8. The van der Waals surface area contributed by atoms with Crippen molar-refractivity contribution in [3.05, 3.63) is 41.5 Å². The minimum atomic E-state index is 0.586. The van der Waals surface area contributed by atoms with Gasteiger partial charge >= 0.3 is 0 Å². The van der Waals surface area contributed by atoms with Gasteiger partial charge in [-0.05, 0) is 32.0 Å². The van der Waals surface area contributed by atoms with Gasteiger partial charge in [-0.2, -0.15) is 0 Å². The lowest BCUT2D eigenvalue weighted by atomic mass is 10.1. The molecule has 0 aliphatic heterocycles. The van der Waals surface area contributed by atoms with Crippen LogP contribution < -0.4 is 10.1 Å². The largest absolute Gasteiger partial charge is 0.489 e. The molecule has 0 saturated carbocycles. The molecule has 0 unspecified atom stereocenters. The van der Waals surface area contributed by atoms with Crippen molar-refractivity contribution in [2.45, 2.75) is 27.3 Å². The minimum absolute atomic E-state index is 0.586. The van der Waals surface area contributed by atoms with Crippen LogP contribution in [0.3, 0.4) is 0 Å². The van der Waals surface area contributed by atoms with Gasteiger partial charge < -0.3 is 10.1 Å². The summed E-state index contributed by atoms with van der Waals surface area (Å²) < 4.78 is 5.71. The van der Waals surface area contributed by atoms with Gasteiger partial charge in [-0.15, -0.1) is 0 Å². The summed E-state index contributed by atoms with van der Waals surface area (Å²) in [7, 11) is 0. The molecule has 0 atom stereocenters. The van der Waals surface area contributed by atoms with Gasteiger partial charge in [0.25, 0.3) is 0 Å². The second-order valence-electron chi connectivity index (χ2n) is 4.14. The Morgan fingerprint density at radius 3 is 2.81 bits per heavy atom. The molecule has 2 nitrogen and oxygen atoms in total. The van der Waals surface area contributed by atoms with Gasteiger partial charge in [0.15, 0.2) is 0 Å². The highest BCUT2D eigenvalue weighted by atomic mass is 16.5. The summed E-state index contributed by atoms with van der Waals surface area (Å²) in [4.78, 5) is 0. The maximum absolute atomic E-state index is 5.71. The number of benzene rings is 1. The standard InChI is InChI=1S/C14H21NO/c1-5-15-9-13-8-12(4)6-7-14(13)16-10-11(2)3/h6-8,15H,2,5,9-10H2,1,3-4H3. The first-order valence-corrected chi connectivity index (χ1v) is 5.71. The van der Waals surface area contributed by atoms with Crippen LogP contribution in [0.4, 0.5) is 0 Å². The van der Waals surface area contributed by atoms with Gasteiger partial charge in [0.05, 0.1) is 0 Å². The summed E-state index contributed by atoms with van der Waals surface area (Å²) in [6.07, 6.45) is 0. The SMILES string of the molecule is C=C(C)COc1ccc(C)cc1CNCC. The summed E-state index contributed by atoms with van der Waals surface area (Å²) in [5.74, 6) is 0.953. The van der Waals surface area contributed by atoms with Crippen LogP contribution in [0.5, 0.6) is 5.75 Å². The molecule has 0 amide bonds. The Morgan fingerprint density at radius 2 is 2.19 bits per heavy atom. The van der Waals surface area contributed by atoms with E-state index in [1.807, 2.05) is 13.0 Å². The van der Waals surface area contributed by atoms with E-state index < -0.39 is 0 Å². The van der Waals surface area contributed by atoms with Crippen molar-refractivity contribution >= 4 is 0 Å². The molecule has 1 rings (SSSR count). The molecular formula is C14H21NO. The van der Waals surface area contributed by atoms with E-state index in [1.54, 1.807) is 0 Å². The number of rotatable bonds is 6. The van der Waals surface area contributed by atoms with Crippen molar-refractivity contribution in [1.82, 2.24) is 5.32 Å². The van der Waals surface area contributed by atoms with Gasteiger partial charge in [0.2, 0.25) is 0 Å². The molecule has 0 heterocycles. The van der Waals surface area contributed by atoms with E-state index in [-0.39, 0.29) is 0 Å². The molecule has 0 fully saturated rings. The summed E-state index contributed by atoms with van der Waals surface area (Å²) in [6, 6.07) is 6.27. The Labute approximate surface area is 98.3 Å². The zero-order valence-electron chi connectivity index (χ0n) is 10.5. The van der Waals surface area contributed by atoms with Gasteiger partial charge in [-0.25, -0.2) is 0 Å². The third-order valence-electron chi connectivity index (χ3n) is 2.26. The van der Waals surface area contributed by atoms with Crippen LogP contribution in [-0.2, 0) is 6.54 Å². The molecule has 88 valence electrons. The zero-order valence-corrected chi connectivity index (χ0v) is 10.5. The lowest BCUT2D eigenvalue weighted by Gasteiger charge is -2.12. The third-order valence-corrected chi connectivity index (χ3v) is 2.26. The number of hydrogen-bond donors (Lipinski definition) is 1. The lowest BCUT2D eigenvalue weighted by molar-refractivity contribution is 0.347. The van der Waals surface area contributed by atoms with Gasteiger partial charge in [0.1, 0.15) is 12.4 Å². The van der Waals surface area contributed by atoms with E-state index in [0.29, 0.717) is 6.61 Å².